The third kappa shape index (κ3) is 3.21. The second-order valence-corrected chi connectivity index (χ2v) is 4.03. The van der Waals surface area contributed by atoms with Gasteiger partial charge in [-0.25, -0.2) is 9.97 Å². The van der Waals surface area contributed by atoms with E-state index in [2.05, 4.69) is 9.97 Å². The van der Waals surface area contributed by atoms with Crippen LogP contribution in [0.4, 0.5) is 0 Å². The van der Waals surface area contributed by atoms with Crippen molar-refractivity contribution in [2.24, 2.45) is 0 Å². The van der Waals surface area contributed by atoms with Crippen LogP contribution < -0.4 is 0 Å². The fraction of sp³-hybridized carbons (Fsp3) is 0.214. The highest BCUT2D eigenvalue weighted by atomic mass is 16.1. The highest BCUT2D eigenvalue weighted by Gasteiger charge is 1.99. The van der Waals surface area contributed by atoms with Gasteiger partial charge in [0.25, 0.3) is 0 Å². The van der Waals surface area contributed by atoms with Gasteiger partial charge in [0.1, 0.15) is 12.1 Å². The first-order valence-corrected chi connectivity index (χ1v) is 5.59. The van der Waals surface area contributed by atoms with E-state index in [-0.39, 0.29) is 5.78 Å². The summed E-state index contributed by atoms with van der Waals surface area (Å²) in [5, 5.41) is 0. The number of rotatable bonds is 4. The molecule has 2 rings (SSSR count). The van der Waals surface area contributed by atoms with E-state index in [1.54, 1.807) is 19.3 Å². The highest BCUT2D eigenvalue weighted by Crippen LogP contribution is 2.18. The molecule has 0 aliphatic carbocycles. The Labute approximate surface area is 101 Å². The molecule has 0 aliphatic heterocycles. The van der Waals surface area contributed by atoms with E-state index in [4.69, 9.17) is 0 Å². The Morgan fingerprint density at radius 2 is 1.71 bits per heavy atom. The quantitative estimate of drug-likeness (QED) is 0.805. The Kier molecular flexibility index (Phi) is 3.60. The number of Topliss-reactive ketones (excluding diaryl/α,β-unsaturated/α-hetero) is 1. The van der Waals surface area contributed by atoms with Crippen LogP contribution in [0.15, 0.2) is 43.0 Å². The molecule has 0 fully saturated rings. The Hall–Kier alpha value is -2.03. The van der Waals surface area contributed by atoms with Crippen molar-refractivity contribution in [3.8, 4) is 11.1 Å². The average Bonchev–Trinajstić information content (AvgIpc) is 2.38. The van der Waals surface area contributed by atoms with E-state index < -0.39 is 0 Å². The fourth-order valence-electron chi connectivity index (χ4n) is 1.63. The van der Waals surface area contributed by atoms with E-state index in [0.29, 0.717) is 6.42 Å². The molecular formula is C14H14N2O. The molecule has 0 amide bonds. The molecule has 2 aromatic rings. The van der Waals surface area contributed by atoms with Crippen LogP contribution in [0.5, 0.6) is 0 Å². The zero-order valence-electron chi connectivity index (χ0n) is 9.76. The number of ketones is 1. The fourth-order valence-corrected chi connectivity index (χ4v) is 1.63. The Bertz CT molecular complexity index is 491. The number of hydrogen-bond donors (Lipinski definition) is 0. The van der Waals surface area contributed by atoms with Crippen molar-refractivity contribution in [1.82, 2.24) is 9.97 Å². The summed E-state index contributed by atoms with van der Waals surface area (Å²) < 4.78 is 0. The van der Waals surface area contributed by atoms with Crippen molar-refractivity contribution in [3.63, 3.8) is 0 Å². The van der Waals surface area contributed by atoms with Crippen LogP contribution in [0, 0.1) is 0 Å². The minimum Gasteiger partial charge on any atom is -0.300 e. The van der Waals surface area contributed by atoms with Gasteiger partial charge in [-0.05, 0) is 24.5 Å². The highest BCUT2D eigenvalue weighted by molar-refractivity contribution is 5.75. The van der Waals surface area contributed by atoms with E-state index in [9.17, 15) is 4.79 Å². The van der Waals surface area contributed by atoms with Gasteiger partial charge >= 0.3 is 0 Å². The lowest BCUT2D eigenvalue weighted by Crippen LogP contribution is -1.93. The van der Waals surface area contributed by atoms with E-state index in [0.717, 1.165) is 17.5 Å². The van der Waals surface area contributed by atoms with Gasteiger partial charge in [0, 0.05) is 24.4 Å². The first kappa shape index (κ1) is 11.5. The van der Waals surface area contributed by atoms with E-state index in [1.165, 1.54) is 11.9 Å². The molecule has 0 spiro atoms. The van der Waals surface area contributed by atoms with E-state index in [1.807, 2.05) is 24.3 Å². The zero-order valence-corrected chi connectivity index (χ0v) is 9.76. The summed E-state index contributed by atoms with van der Waals surface area (Å²) >= 11 is 0. The second kappa shape index (κ2) is 5.34. The average molecular weight is 226 g/mol. The molecule has 3 heteroatoms. The van der Waals surface area contributed by atoms with Crippen LogP contribution in [0.1, 0.15) is 18.9 Å². The zero-order chi connectivity index (χ0) is 12.1. The van der Waals surface area contributed by atoms with Crippen molar-refractivity contribution in [2.45, 2.75) is 19.8 Å². The second-order valence-electron chi connectivity index (χ2n) is 4.03. The summed E-state index contributed by atoms with van der Waals surface area (Å²) in [6.45, 7) is 1.62. The maximum atomic E-state index is 10.9. The summed E-state index contributed by atoms with van der Waals surface area (Å²) in [7, 11) is 0. The van der Waals surface area contributed by atoms with Gasteiger partial charge in [0.15, 0.2) is 0 Å². The number of aromatic nitrogens is 2. The molecule has 1 aromatic carbocycles. The minimum absolute atomic E-state index is 0.227. The maximum Gasteiger partial charge on any atom is 0.130 e. The molecule has 0 bridgehead atoms. The molecule has 0 atom stereocenters. The minimum atomic E-state index is 0.227. The largest absolute Gasteiger partial charge is 0.300 e. The molecule has 0 unspecified atom stereocenters. The standard InChI is InChI=1S/C14H14N2O/c1-11(17)2-3-12-4-6-13(7-5-12)14-8-15-10-16-9-14/h4-10H,2-3H2,1H3. The first-order chi connectivity index (χ1) is 8.25. The summed E-state index contributed by atoms with van der Waals surface area (Å²) in [4.78, 5) is 18.9. The summed E-state index contributed by atoms with van der Waals surface area (Å²) in [6.07, 6.45) is 6.51. The molecule has 0 aliphatic rings. The normalized spacial score (nSPS) is 10.2. The number of nitrogens with zero attached hydrogens (tertiary/aromatic N) is 2. The number of carbonyl (C=O) groups is 1. The smallest absolute Gasteiger partial charge is 0.130 e. The van der Waals surface area contributed by atoms with E-state index >= 15 is 0 Å². The SMILES string of the molecule is CC(=O)CCc1ccc(-c2cncnc2)cc1. The van der Waals surface area contributed by atoms with Crippen LogP contribution >= 0.6 is 0 Å². The lowest BCUT2D eigenvalue weighted by Gasteiger charge is -2.02. The van der Waals surface area contributed by atoms with Crippen LogP contribution in [-0.2, 0) is 11.2 Å². The first-order valence-electron chi connectivity index (χ1n) is 5.59. The monoisotopic (exact) mass is 226 g/mol. The van der Waals surface area contributed by atoms with Gasteiger partial charge in [-0.15, -0.1) is 0 Å². The van der Waals surface area contributed by atoms with Crippen LogP contribution in [-0.4, -0.2) is 15.8 Å². The topological polar surface area (TPSA) is 42.9 Å². The summed E-state index contributed by atoms with van der Waals surface area (Å²) in [6, 6.07) is 8.17. The molecule has 1 aromatic heterocycles. The number of aryl methyl sites for hydroxylation is 1. The molecular weight excluding hydrogens is 212 g/mol. The number of carbonyl (C=O) groups excluding carboxylic acids is 1. The van der Waals surface area contributed by atoms with Crippen LogP contribution in [0.25, 0.3) is 11.1 Å². The third-order valence-electron chi connectivity index (χ3n) is 2.61. The summed E-state index contributed by atoms with van der Waals surface area (Å²) in [5.41, 5.74) is 3.28. The predicted octanol–water partition coefficient (Wildman–Crippen LogP) is 2.67. The Balaban J connectivity index is 2.11. The Morgan fingerprint density at radius 1 is 1.06 bits per heavy atom. The molecule has 0 N–H and O–H groups in total. The lowest BCUT2D eigenvalue weighted by molar-refractivity contribution is -0.116. The molecule has 1 heterocycles. The number of hydrogen-bond acceptors (Lipinski definition) is 3. The molecule has 0 radical (unpaired) electrons. The molecule has 17 heavy (non-hydrogen) atoms. The van der Waals surface area contributed by atoms with Crippen LogP contribution in [0.2, 0.25) is 0 Å². The molecule has 0 saturated carbocycles. The third-order valence-corrected chi connectivity index (χ3v) is 2.61. The van der Waals surface area contributed by atoms with Crippen molar-refractivity contribution in [2.75, 3.05) is 0 Å². The van der Waals surface area contributed by atoms with Gasteiger partial charge in [-0.3, -0.25) is 0 Å². The van der Waals surface area contributed by atoms with Gasteiger partial charge in [-0.2, -0.15) is 0 Å². The molecule has 86 valence electrons. The van der Waals surface area contributed by atoms with Gasteiger partial charge in [0.05, 0.1) is 0 Å². The van der Waals surface area contributed by atoms with Crippen molar-refractivity contribution < 1.29 is 4.79 Å². The van der Waals surface area contributed by atoms with Crippen molar-refractivity contribution in [1.29, 1.82) is 0 Å². The van der Waals surface area contributed by atoms with Crippen molar-refractivity contribution >= 4 is 5.78 Å². The predicted molar refractivity (Wildman–Crippen MR) is 66.5 cm³/mol. The molecule has 3 nitrogen and oxygen atoms in total. The summed E-state index contributed by atoms with van der Waals surface area (Å²) in [5.74, 6) is 0.227. The Morgan fingerprint density at radius 3 is 2.29 bits per heavy atom. The van der Waals surface area contributed by atoms with Crippen molar-refractivity contribution in [3.05, 3.63) is 48.5 Å². The van der Waals surface area contributed by atoms with Gasteiger partial charge < -0.3 is 4.79 Å². The lowest BCUT2D eigenvalue weighted by atomic mass is 10.0. The molecule has 0 saturated heterocycles. The van der Waals surface area contributed by atoms with Crippen LogP contribution in [0.3, 0.4) is 0 Å². The van der Waals surface area contributed by atoms with Gasteiger partial charge in [-0.1, -0.05) is 24.3 Å². The van der Waals surface area contributed by atoms with Gasteiger partial charge in [0.2, 0.25) is 0 Å². The maximum absolute atomic E-state index is 10.9. The number of benzene rings is 1.